The van der Waals surface area contributed by atoms with E-state index in [2.05, 4.69) is 0 Å². The third kappa shape index (κ3) is 6.55. The van der Waals surface area contributed by atoms with Gasteiger partial charge in [-0.3, -0.25) is 0 Å². The fourth-order valence-corrected chi connectivity index (χ4v) is 5.39. The van der Waals surface area contributed by atoms with Gasteiger partial charge in [0.05, 0.1) is 0 Å². The van der Waals surface area contributed by atoms with Gasteiger partial charge >= 0.3 is 0 Å². The first-order valence-corrected chi connectivity index (χ1v) is 8.96. The molecule has 0 aromatic heterocycles. The van der Waals surface area contributed by atoms with Gasteiger partial charge in [-0.15, -0.1) is 0 Å². The predicted octanol–water partition coefficient (Wildman–Crippen LogP) is 3.93. The summed E-state index contributed by atoms with van der Waals surface area (Å²) >= 11 is 0. The van der Waals surface area contributed by atoms with E-state index in [-0.39, 0.29) is 0 Å². The Labute approximate surface area is 85.2 Å². The summed E-state index contributed by atoms with van der Waals surface area (Å²) in [6.07, 6.45) is 4.31. The Balaban J connectivity index is 0.000000112. The Morgan fingerprint density at radius 3 is 1.00 bits per heavy atom. The molecule has 2 aliphatic heterocycles. The second kappa shape index (κ2) is 8.02. The average molecular weight is 226 g/mol. The molecule has 66 valence electrons. The molecule has 0 nitrogen and oxygen atoms in total. The maximum absolute atomic E-state index is 2.01. The molecule has 4 heteroatoms. The van der Waals surface area contributed by atoms with E-state index in [1.165, 1.54) is 42.3 Å². The van der Waals surface area contributed by atoms with E-state index in [1.807, 2.05) is 43.2 Å². The largest absolute Gasteiger partial charge is 0.0942 e. The fourth-order valence-electron chi connectivity index (χ4n) is 0.734. The molecule has 0 aromatic rings. The summed E-state index contributed by atoms with van der Waals surface area (Å²) in [6, 6.07) is 0. The van der Waals surface area contributed by atoms with Crippen LogP contribution in [-0.2, 0) is 0 Å². The first-order valence-electron chi connectivity index (χ1n) is 3.99. The molecule has 0 atom stereocenters. The van der Waals surface area contributed by atoms with Crippen LogP contribution in [0, 0.1) is 0 Å². The highest BCUT2D eigenvalue weighted by atomic mass is 33.1. The predicted molar refractivity (Wildman–Crippen MR) is 63.7 cm³/mol. The molecular weight excluding hydrogens is 212 g/mol. The number of rotatable bonds is 0. The SMILES string of the molecule is C1CCSSC1.C1CSSC1. The summed E-state index contributed by atoms with van der Waals surface area (Å²) in [5.74, 6) is 5.52. The lowest BCUT2D eigenvalue weighted by molar-refractivity contribution is 0.906. The van der Waals surface area contributed by atoms with Crippen LogP contribution in [0.2, 0.25) is 0 Å². The minimum absolute atomic E-state index is 1.38. The molecule has 11 heavy (non-hydrogen) atoms. The number of hydrogen-bond donors (Lipinski definition) is 0. The zero-order valence-electron chi connectivity index (χ0n) is 6.58. The molecule has 0 saturated carbocycles. The smallest absolute Gasteiger partial charge is 0.00450 e. The molecule has 2 fully saturated rings. The first kappa shape index (κ1) is 10.5. The standard InChI is InChI=1S/C4H8S2.C3H6S2/c1-2-4-6-5-3-1;1-2-4-5-3-1/h1-4H2;1-3H2. The molecule has 2 aliphatic rings. The van der Waals surface area contributed by atoms with Crippen molar-refractivity contribution in [3.63, 3.8) is 0 Å². The fraction of sp³-hybridized carbons (Fsp3) is 1.00. The van der Waals surface area contributed by atoms with E-state index in [0.717, 1.165) is 0 Å². The van der Waals surface area contributed by atoms with Crippen molar-refractivity contribution >= 4 is 43.2 Å². The molecule has 0 aliphatic carbocycles. The van der Waals surface area contributed by atoms with Crippen LogP contribution < -0.4 is 0 Å². The van der Waals surface area contributed by atoms with Crippen molar-refractivity contribution in [3.05, 3.63) is 0 Å². The first-order chi connectivity index (χ1) is 5.50. The van der Waals surface area contributed by atoms with Gasteiger partial charge in [-0.2, -0.15) is 0 Å². The highest BCUT2D eigenvalue weighted by Crippen LogP contribution is 2.29. The topological polar surface area (TPSA) is 0 Å². The molecule has 0 amide bonds. The molecule has 0 bridgehead atoms. The van der Waals surface area contributed by atoms with Gasteiger partial charge in [-0.1, -0.05) is 43.2 Å². The van der Waals surface area contributed by atoms with E-state index in [4.69, 9.17) is 0 Å². The lowest BCUT2D eigenvalue weighted by Gasteiger charge is -2.04. The van der Waals surface area contributed by atoms with Gasteiger partial charge in [-0.05, 0) is 19.3 Å². The summed E-state index contributed by atoms with van der Waals surface area (Å²) in [4.78, 5) is 0. The normalized spacial score (nSPS) is 24.0. The summed E-state index contributed by atoms with van der Waals surface area (Å²) in [6.45, 7) is 0. The van der Waals surface area contributed by atoms with Crippen molar-refractivity contribution < 1.29 is 0 Å². The van der Waals surface area contributed by atoms with Crippen molar-refractivity contribution in [1.29, 1.82) is 0 Å². The van der Waals surface area contributed by atoms with E-state index >= 15 is 0 Å². The van der Waals surface area contributed by atoms with Crippen molar-refractivity contribution in [2.24, 2.45) is 0 Å². The summed E-state index contributed by atoms with van der Waals surface area (Å²) in [5.41, 5.74) is 0. The van der Waals surface area contributed by atoms with Crippen LogP contribution in [0.15, 0.2) is 0 Å². The van der Waals surface area contributed by atoms with Crippen molar-refractivity contribution in [2.45, 2.75) is 19.3 Å². The Morgan fingerprint density at radius 1 is 0.455 bits per heavy atom. The van der Waals surface area contributed by atoms with Crippen molar-refractivity contribution in [3.8, 4) is 0 Å². The van der Waals surface area contributed by atoms with Gasteiger partial charge < -0.3 is 0 Å². The van der Waals surface area contributed by atoms with Crippen LogP contribution in [0.1, 0.15) is 19.3 Å². The molecule has 0 spiro atoms. The zero-order valence-corrected chi connectivity index (χ0v) is 9.85. The quantitative estimate of drug-likeness (QED) is 0.574. The maximum Gasteiger partial charge on any atom is 0.00450 e. The lowest BCUT2D eigenvalue weighted by Crippen LogP contribution is -1.86. The van der Waals surface area contributed by atoms with Gasteiger partial charge in [0.2, 0.25) is 0 Å². The van der Waals surface area contributed by atoms with Crippen molar-refractivity contribution in [2.75, 3.05) is 23.0 Å². The Kier molecular flexibility index (Phi) is 7.64. The van der Waals surface area contributed by atoms with Gasteiger partial charge in [0.1, 0.15) is 0 Å². The molecule has 2 rings (SSSR count). The van der Waals surface area contributed by atoms with E-state index in [0.29, 0.717) is 0 Å². The Hall–Kier alpha value is 1.40. The third-order valence-corrected chi connectivity index (χ3v) is 6.48. The molecule has 0 unspecified atom stereocenters. The van der Waals surface area contributed by atoms with Gasteiger partial charge in [0, 0.05) is 23.0 Å². The van der Waals surface area contributed by atoms with E-state index < -0.39 is 0 Å². The van der Waals surface area contributed by atoms with Crippen LogP contribution in [0.4, 0.5) is 0 Å². The van der Waals surface area contributed by atoms with Gasteiger partial charge in [-0.25, -0.2) is 0 Å². The Morgan fingerprint density at radius 2 is 0.818 bits per heavy atom. The Bertz CT molecular complexity index is 59.4. The molecule has 0 aromatic carbocycles. The summed E-state index contributed by atoms with van der Waals surface area (Å²) in [5, 5.41) is 0. The van der Waals surface area contributed by atoms with E-state index in [1.54, 1.807) is 0 Å². The highest BCUT2D eigenvalue weighted by Gasteiger charge is 1.97. The molecule has 0 N–H and O–H groups in total. The second-order valence-corrected chi connectivity index (χ2v) is 7.75. The van der Waals surface area contributed by atoms with Gasteiger partial charge in [0.25, 0.3) is 0 Å². The minimum Gasteiger partial charge on any atom is -0.0942 e. The van der Waals surface area contributed by atoms with Crippen LogP contribution in [0.25, 0.3) is 0 Å². The molecular formula is C7H14S4. The monoisotopic (exact) mass is 226 g/mol. The van der Waals surface area contributed by atoms with Gasteiger partial charge in [0.15, 0.2) is 0 Å². The maximum atomic E-state index is 2.01. The summed E-state index contributed by atoms with van der Waals surface area (Å²) < 4.78 is 0. The summed E-state index contributed by atoms with van der Waals surface area (Å²) in [7, 11) is 8.00. The van der Waals surface area contributed by atoms with Crippen molar-refractivity contribution in [1.82, 2.24) is 0 Å². The number of hydrogen-bond acceptors (Lipinski definition) is 4. The van der Waals surface area contributed by atoms with Crippen LogP contribution in [0.3, 0.4) is 0 Å². The third-order valence-electron chi connectivity index (χ3n) is 1.33. The second-order valence-electron chi connectivity index (χ2n) is 2.35. The van der Waals surface area contributed by atoms with Crippen LogP contribution in [0.5, 0.6) is 0 Å². The highest BCUT2D eigenvalue weighted by molar-refractivity contribution is 8.77. The zero-order chi connectivity index (χ0) is 7.78. The van der Waals surface area contributed by atoms with Crippen LogP contribution in [-0.4, -0.2) is 23.0 Å². The molecule has 0 radical (unpaired) electrons. The molecule has 2 saturated heterocycles. The molecule has 2 heterocycles. The van der Waals surface area contributed by atoms with Crippen LogP contribution >= 0.6 is 43.2 Å². The van der Waals surface area contributed by atoms with E-state index in [9.17, 15) is 0 Å². The average Bonchev–Trinajstić information content (AvgIpc) is 2.64. The minimum atomic E-state index is 1.38. The lowest BCUT2D eigenvalue weighted by atomic mass is 10.4.